The lowest BCUT2D eigenvalue weighted by molar-refractivity contribution is -0.378. The van der Waals surface area contributed by atoms with E-state index in [2.05, 4.69) is 22.1 Å². The zero-order valence-corrected chi connectivity index (χ0v) is 14.9. The van der Waals surface area contributed by atoms with E-state index < -0.39 is 0 Å². The number of rotatable bonds is 8. The van der Waals surface area contributed by atoms with Gasteiger partial charge in [0.15, 0.2) is 0 Å². The number of nitrogens with one attached hydrogen (secondary N) is 2. The molecule has 0 radical (unpaired) electrons. The highest BCUT2D eigenvalue weighted by atomic mass is 16.1. The Morgan fingerprint density at radius 3 is 1.62 bits per heavy atom. The van der Waals surface area contributed by atoms with Gasteiger partial charge in [0.05, 0.1) is 24.9 Å². The predicted molar refractivity (Wildman–Crippen MR) is 85.5 cm³/mol. The molecule has 0 aromatic rings. The summed E-state index contributed by atoms with van der Waals surface area (Å²) in [7, 11) is 3.72. The Morgan fingerprint density at radius 1 is 1.05 bits per heavy atom. The molecule has 0 aliphatic carbocycles. The predicted octanol–water partition coefficient (Wildman–Crippen LogP) is -1.53. The lowest BCUT2D eigenvalue weighted by Gasteiger charge is -2.29. The van der Waals surface area contributed by atoms with E-state index in [4.69, 9.17) is 0 Å². The summed E-state index contributed by atoms with van der Waals surface area (Å²) in [6.45, 7) is 10.6. The molecule has 21 heavy (non-hydrogen) atoms. The van der Waals surface area contributed by atoms with Crippen molar-refractivity contribution < 1.29 is 21.1 Å². The van der Waals surface area contributed by atoms with E-state index in [1.54, 1.807) is 13.8 Å². The smallest absolute Gasteiger partial charge is 0.140 e. The maximum Gasteiger partial charge on any atom is 0.140 e. The topological polar surface area (TPSA) is 113 Å². The fourth-order valence-corrected chi connectivity index (χ4v) is 2.25. The standard InChI is InChI=1S/C8H18N2O.C7H16N2O/c1-6(11)7(5-9)8(2,3)10-4;1-5(9-3)7(4-8)6(2)10/h7,10H,5,9H2,1-4H3;5,7,9H,4,8H2,1-3H3/p+2/t;5-,7-/m.0/s1. The van der Waals surface area contributed by atoms with Crippen molar-refractivity contribution in [2.24, 2.45) is 11.8 Å². The van der Waals surface area contributed by atoms with Gasteiger partial charge >= 0.3 is 0 Å². The van der Waals surface area contributed by atoms with Crippen LogP contribution in [0.1, 0.15) is 34.6 Å². The second-order valence-electron chi connectivity index (χ2n) is 6.01. The zero-order chi connectivity index (χ0) is 17.2. The SMILES string of the molecule is CNC(C)(C)C(C[NH3+])C(C)=O.CN[C@@H](C)[C@H](C[NH3+])C(C)=O. The first-order valence-electron chi connectivity index (χ1n) is 7.54. The molecular weight excluding hydrogens is 268 g/mol. The summed E-state index contributed by atoms with van der Waals surface area (Å²) in [6.07, 6.45) is 0. The number of quaternary nitrogens is 2. The van der Waals surface area contributed by atoms with Crippen LogP contribution in [0.25, 0.3) is 0 Å². The Hall–Kier alpha value is -0.820. The quantitative estimate of drug-likeness (QED) is 0.436. The van der Waals surface area contributed by atoms with Crippen molar-refractivity contribution in [2.75, 3.05) is 27.2 Å². The van der Waals surface area contributed by atoms with Crippen LogP contribution in [0.2, 0.25) is 0 Å². The van der Waals surface area contributed by atoms with Crippen molar-refractivity contribution >= 4 is 11.6 Å². The number of ketones is 2. The second-order valence-corrected chi connectivity index (χ2v) is 6.01. The van der Waals surface area contributed by atoms with Crippen LogP contribution in [0, 0.1) is 11.8 Å². The highest BCUT2D eigenvalue weighted by molar-refractivity contribution is 5.79. The van der Waals surface area contributed by atoms with E-state index in [9.17, 15) is 9.59 Å². The molecule has 1 unspecified atom stereocenters. The summed E-state index contributed by atoms with van der Waals surface area (Å²) in [5.41, 5.74) is 7.34. The molecule has 126 valence electrons. The van der Waals surface area contributed by atoms with E-state index in [0.29, 0.717) is 13.1 Å². The Bertz CT molecular complexity index is 319. The number of carbonyl (C=O) groups is 2. The zero-order valence-electron chi connectivity index (χ0n) is 14.9. The maximum atomic E-state index is 11.1. The minimum atomic E-state index is -0.131. The van der Waals surface area contributed by atoms with Gasteiger partial charge in [0.2, 0.25) is 0 Å². The Kier molecular flexibility index (Phi) is 11.6. The van der Waals surface area contributed by atoms with Crippen LogP contribution < -0.4 is 22.1 Å². The molecular formula is C15H36N4O2+2. The van der Waals surface area contributed by atoms with Crippen molar-refractivity contribution in [1.82, 2.24) is 10.6 Å². The van der Waals surface area contributed by atoms with Gasteiger partial charge in [0.25, 0.3) is 0 Å². The molecule has 0 saturated carbocycles. The summed E-state index contributed by atoms with van der Waals surface area (Å²) < 4.78 is 0. The highest BCUT2D eigenvalue weighted by Gasteiger charge is 2.31. The first-order valence-corrected chi connectivity index (χ1v) is 7.54. The third-order valence-electron chi connectivity index (χ3n) is 4.19. The summed E-state index contributed by atoms with van der Waals surface area (Å²) in [5, 5.41) is 6.15. The van der Waals surface area contributed by atoms with Crippen molar-refractivity contribution in [3.63, 3.8) is 0 Å². The Morgan fingerprint density at radius 2 is 1.52 bits per heavy atom. The third-order valence-corrected chi connectivity index (χ3v) is 4.19. The van der Waals surface area contributed by atoms with E-state index in [1.165, 1.54) is 0 Å². The molecule has 3 atom stereocenters. The van der Waals surface area contributed by atoms with Crippen molar-refractivity contribution in [2.45, 2.75) is 46.2 Å². The normalized spacial score (nSPS) is 15.5. The molecule has 0 aliphatic heterocycles. The molecule has 0 amide bonds. The monoisotopic (exact) mass is 304 g/mol. The molecule has 8 N–H and O–H groups in total. The van der Waals surface area contributed by atoms with Gasteiger partial charge in [-0.05, 0) is 48.7 Å². The third kappa shape index (κ3) is 8.26. The van der Waals surface area contributed by atoms with Gasteiger partial charge < -0.3 is 22.1 Å². The van der Waals surface area contributed by atoms with E-state index in [1.807, 2.05) is 34.9 Å². The molecule has 6 heteroatoms. The van der Waals surface area contributed by atoms with Gasteiger partial charge in [0.1, 0.15) is 11.6 Å². The molecule has 0 bridgehead atoms. The average molecular weight is 304 g/mol. The van der Waals surface area contributed by atoms with Crippen LogP contribution in [0.4, 0.5) is 0 Å². The summed E-state index contributed by atoms with van der Waals surface area (Å²) in [5.74, 6) is 0.522. The second kappa shape index (κ2) is 10.8. The largest absolute Gasteiger partial charge is 0.357 e. The van der Waals surface area contributed by atoms with Crippen molar-refractivity contribution in [3.05, 3.63) is 0 Å². The molecule has 6 nitrogen and oxygen atoms in total. The molecule has 0 aromatic carbocycles. The molecule has 0 aliphatic rings. The average Bonchev–Trinajstić information content (AvgIpc) is 2.39. The molecule has 0 rings (SSSR count). The van der Waals surface area contributed by atoms with E-state index in [-0.39, 0.29) is 35.0 Å². The van der Waals surface area contributed by atoms with Gasteiger partial charge in [-0.2, -0.15) is 0 Å². The van der Waals surface area contributed by atoms with Crippen LogP contribution in [-0.2, 0) is 9.59 Å². The number of Topliss-reactive ketones (excluding diaryl/α,β-unsaturated/α-hetero) is 2. The van der Waals surface area contributed by atoms with Crippen molar-refractivity contribution in [1.29, 1.82) is 0 Å². The summed E-state index contributed by atoms with van der Waals surface area (Å²) >= 11 is 0. The van der Waals surface area contributed by atoms with Crippen LogP contribution in [0.3, 0.4) is 0 Å². The van der Waals surface area contributed by atoms with Crippen LogP contribution in [0.15, 0.2) is 0 Å². The molecule has 0 fully saturated rings. The molecule has 0 spiro atoms. The number of carbonyl (C=O) groups excluding carboxylic acids is 2. The van der Waals surface area contributed by atoms with Gasteiger partial charge in [0, 0.05) is 11.6 Å². The van der Waals surface area contributed by atoms with Crippen molar-refractivity contribution in [3.8, 4) is 0 Å². The van der Waals surface area contributed by atoms with Crippen LogP contribution >= 0.6 is 0 Å². The van der Waals surface area contributed by atoms with Gasteiger partial charge in [-0.1, -0.05) is 0 Å². The lowest BCUT2D eigenvalue weighted by Crippen LogP contribution is -2.62. The fourth-order valence-electron chi connectivity index (χ4n) is 2.25. The summed E-state index contributed by atoms with van der Waals surface area (Å²) in [6, 6.07) is 0.245. The van der Waals surface area contributed by atoms with E-state index >= 15 is 0 Å². The Labute approximate surface area is 129 Å². The Balaban J connectivity index is 0. The number of hydrogen-bond donors (Lipinski definition) is 4. The van der Waals surface area contributed by atoms with E-state index in [0.717, 1.165) is 0 Å². The highest BCUT2D eigenvalue weighted by Crippen LogP contribution is 2.15. The molecule has 0 heterocycles. The molecule has 0 aromatic heterocycles. The van der Waals surface area contributed by atoms with Crippen LogP contribution in [-0.4, -0.2) is 50.3 Å². The van der Waals surface area contributed by atoms with Gasteiger partial charge in [-0.15, -0.1) is 0 Å². The first kappa shape index (κ1) is 22.5. The van der Waals surface area contributed by atoms with Crippen LogP contribution in [0.5, 0.6) is 0 Å². The fraction of sp³-hybridized carbons (Fsp3) is 0.867. The minimum Gasteiger partial charge on any atom is -0.357 e. The first-order chi connectivity index (χ1) is 9.58. The van der Waals surface area contributed by atoms with Gasteiger partial charge in [-0.25, -0.2) is 0 Å². The van der Waals surface area contributed by atoms with Gasteiger partial charge in [-0.3, -0.25) is 9.59 Å². The summed E-state index contributed by atoms with van der Waals surface area (Å²) in [4.78, 5) is 22.0. The lowest BCUT2D eigenvalue weighted by atomic mass is 9.85. The maximum absolute atomic E-state index is 11.1. The number of hydrogen-bond acceptors (Lipinski definition) is 4. The minimum absolute atomic E-state index is 0.0208. The molecule has 0 saturated heterocycles.